The van der Waals surface area contributed by atoms with Crippen molar-refractivity contribution in [3.8, 4) is 0 Å². The van der Waals surface area contributed by atoms with Crippen LogP contribution in [0, 0.1) is 13.8 Å². The van der Waals surface area contributed by atoms with E-state index in [4.69, 9.17) is 5.11 Å². The minimum Gasteiger partial charge on any atom is -0.481 e. The standard InChI is InChI=1S/C17H19BrN2O5S2/c1-9-5-11(18)6-10(2)16(9)20-12-7-27(24,25)8-13(12)26-17(20)19-14(21)3-4-15(22)23/h5-6,12-13H,3-4,7-8H2,1-2H3,(H,22,23)/t12-,13+/m1/s1. The van der Waals surface area contributed by atoms with E-state index in [9.17, 15) is 18.0 Å². The highest BCUT2D eigenvalue weighted by molar-refractivity contribution is 9.10. The first-order chi connectivity index (χ1) is 12.6. The molecule has 2 atom stereocenters. The molecule has 27 heavy (non-hydrogen) atoms. The monoisotopic (exact) mass is 474 g/mol. The Morgan fingerprint density at radius 3 is 2.48 bits per heavy atom. The molecule has 0 aromatic heterocycles. The van der Waals surface area contributed by atoms with E-state index in [1.54, 1.807) is 0 Å². The van der Waals surface area contributed by atoms with E-state index in [1.165, 1.54) is 11.8 Å². The molecule has 0 bridgehead atoms. The highest BCUT2D eigenvalue weighted by atomic mass is 79.9. The maximum absolute atomic E-state index is 12.1. The van der Waals surface area contributed by atoms with Crippen LogP contribution in [0.4, 0.5) is 5.69 Å². The molecular weight excluding hydrogens is 456 g/mol. The van der Waals surface area contributed by atoms with Crippen LogP contribution in [0.1, 0.15) is 24.0 Å². The van der Waals surface area contributed by atoms with Crippen LogP contribution in [-0.2, 0) is 19.4 Å². The average molecular weight is 475 g/mol. The van der Waals surface area contributed by atoms with Gasteiger partial charge in [0.15, 0.2) is 15.0 Å². The van der Waals surface area contributed by atoms with Crippen molar-refractivity contribution < 1.29 is 23.1 Å². The van der Waals surface area contributed by atoms with E-state index in [-0.39, 0.29) is 35.6 Å². The smallest absolute Gasteiger partial charge is 0.303 e. The lowest BCUT2D eigenvalue weighted by Crippen LogP contribution is -2.38. The third kappa shape index (κ3) is 4.38. The molecule has 2 aliphatic heterocycles. The zero-order chi connectivity index (χ0) is 19.9. The Kier molecular flexibility index (Phi) is 5.69. The molecule has 7 nitrogen and oxygen atoms in total. The number of fused-ring (bicyclic) bond motifs is 1. The summed E-state index contributed by atoms with van der Waals surface area (Å²) in [6.45, 7) is 3.86. The van der Waals surface area contributed by atoms with Crippen LogP contribution < -0.4 is 4.90 Å². The number of hydrogen-bond donors (Lipinski definition) is 1. The number of carboxylic acid groups (broad SMARTS) is 1. The first-order valence-electron chi connectivity index (χ1n) is 8.34. The largest absolute Gasteiger partial charge is 0.481 e. The Bertz CT molecular complexity index is 922. The van der Waals surface area contributed by atoms with Gasteiger partial charge in [0.1, 0.15) is 0 Å². The SMILES string of the molecule is Cc1cc(Br)cc(C)c1N1C(=NC(=O)CCC(=O)O)S[C@H]2CS(=O)(=O)C[C@H]21. The molecule has 0 radical (unpaired) electrons. The number of benzene rings is 1. The first kappa shape index (κ1) is 20.3. The van der Waals surface area contributed by atoms with E-state index in [1.807, 2.05) is 30.9 Å². The van der Waals surface area contributed by atoms with Gasteiger partial charge in [-0.15, -0.1) is 0 Å². The molecule has 3 rings (SSSR count). The molecule has 1 amide bonds. The number of thioether (sulfide) groups is 1. The van der Waals surface area contributed by atoms with E-state index >= 15 is 0 Å². The van der Waals surface area contributed by atoms with Gasteiger partial charge in [0.2, 0.25) is 5.91 Å². The number of rotatable bonds is 4. The second-order valence-corrected chi connectivity index (χ2v) is 11.0. The summed E-state index contributed by atoms with van der Waals surface area (Å²) in [5.41, 5.74) is 2.73. The summed E-state index contributed by atoms with van der Waals surface area (Å²) >= 11 is 4.75. The van der Waals surface area contributed by atoms with Gasteiger partial charge < -0.3 is 10.0 Å². The van der Waals surface area contributed by atoms with Crippen LogP contribution in [0.5, 0.6) is 0 Å². The normalized spacial score (nSPS) is 25.0. The molecule has 0 spiro atoms. The summed E-state index contributed by atoms with van der Waals surface area (Å²) in [7, 11) is -3.14. The molecular formula is C17H19BrN2O5S2. The molecule has 10 heteroatoms. The fourth-order valence-electron chi connectivity index (χ4n) is 3.49. The number of hydrogen-bond acceptors (Lipinski definition) is 5. The zero-order valence-electron chi connectivity index (χ0n) is 14.8. The number of aliphatic imine (C=N–C) groups is 1. The summed E-state index contributed by atoms with van der Waals surface area (Å²) in [4.78, 5) is 28.8. The van der Waals surface area contributed by atoms with Crippen LogP contribution >= 0.6 is 27.7 Å². The third-order valence-corrected chi connectivity index (χ3v) is 8.20. The topological polar surface area (TPSA) is 104 Å². The van der Waals surface area contributed by atoms with Crippen molar-refractivity contribution in [3.63, 3.8) is 0 Å². The highest BCUT2D eigenvalue weighted by Gasteiger charge is 2.50. The number of sulfone groups is 1. The number of aliphatic carboxylic acids is 1. The molecule has 2 aliphatic rings. The van der Waals surface area contributed by atoms with Gasteiger partial charge in [0.05, 0.1) is 24.0 Å². The fraction of sp³-hybridized carbons (Fsp3) is 0.471. The van der Waals surface area contributed by atoms with Gasteiger partial charge in [-0.1, -0.05) is 27.7 Å². The predicted octanol–water partition coefficient (Wildman–Crippen LogP) is 2.53. The first-order valence-corrected chi connectivity index (χ1v) is 11.8. The molecule has 0 saturated carbocycles. The molecule has 0 aliphatic carbocycles. The third-order valence-electron chi connectivity index (χ3n) is 4.54. The molecule has 2 fully saturated rings. The van der Waals surface area contributed by atoms with Crippen molar-refractivity contribution in [1.82, 2.24) is 0 Å². The molecule has 1 aromatic carbocycles. The lowest BCUT2D eigenvalue weighted by atomic mass is 10.1. The zero-order valence-corrected chi connectivity index (χ0v) is 18.0. The van der Waals surface area contributed by atoms with Crippen molar-refractivity contribution in [2.45, 2.75) is 38.0 Å². The Morgan fingerprint density at radius 1 is 1.26 bits per heavy atom. The van der Waals surface area contributed by atoms with Gasteiger partial charge in [-0.2, -0.15) is 4.99 Å². The van der Waals surface area contributed by atoms with Gasteiger partial charge in [0.25, 0.3) is 0 Å². The van der Waals surface area contributed by atoms with Gasteiger partial charge in [-0.05, 0) is 37.1 Å². The lowest BCUT2D eigenvalue weighted by Gasteiger charge is -2.28. The summed E-state index contributed by atoms with van der Waals surface area (Å²) in [6.07, 6.45) is -0.461. The molecule has 146 valence electrons. The van der Waals surface area contributed by atoms with Crippen molar-refractivity contribution in [2.24, 2.45) is 4.99 Å². The van der Waals surface area contributed by atoms with Gasteiger partial charge in [-0.3, -0.25) is 9.59 Å². The Labute approximate surface area is 170 Å². The van der Waals surface area contributed by atoms with Crippen molar-refractivity contribution in [1.29, 1.82) is 0 Å². The Hall–Kier alpha value is -1.39. The van der Waals surface area contributed by atoms with E-state index in [2.05, 4.69) is 20.9 Å². The number of aryl methyl sites for hydroxylation is 2. The van der Waals surface area contributed by atoms with Crippen LogP contribution in [0.25, 0.3) is 0 Å². The molecule has 0 unspecified atom stereocenters. The van der Waals surface area contributed by atoms with Crippen molar-refractivity contribution >= 4 is 60.3 Å². The Balaban J connectivity index is 2.02. The van der Waals surface area contributed by atoms with E-state index < -0.39 is 21.7 Å². The predicted molar refractivity (Wildman–Crippen MR) is 109 cm³/mol. The van der Waals surface area contributed by atoms with Crippen LogP contribution in [-0.4, -0.2) is 53.4 Å². The number of nitrogens with zero attached hydrogens (tertiary/aromatic N) is 2. The summed E-state index contributed by atoms with van der Waals surface area (Å²) < 4.78 is 25.2. The number of carbonyl (C=O) groups is 2. The number of carboxylic acids is 1. The van der Waals surface area contributed by atoms with E-state index in [0.29, 0.717) is 5.17 Å². The van der Waals surface area contributed by atoms with Crippen LogP contribution in [0.15, 0.2) is 21.6 Å². The number of halogens is 1. The number of amidine groups is 1. The average Bonchev–Trinajstić information content (AvgIpc) is 2.97. The van der Waals surface area contributed by atoms with Gasteiger partial charge in [0, 0.05) is 21.8 Å². The fourth-order valence-corrected chi connectivity index (χ4v) is 8.09. The maximum Gasteiger partial charge on any atom is 0.303 e. The number of anilines is 1. The van der Waals surface area contributed by atoms with Crippen LogP contribution in [0.3, 0.4) is 0 Å². The van der Waals surface area contributed by atoms with Crippen molar-refractivity contribution in [2.75, 3.05) is 16.4 Å². The second kappa shape index (κ2) is 7.56. The van der Waals surface area contributed by atoms with Crippen LogP contribution in [0.2, 0.25) is 0 Å². The highest BCUT2D eigenvalue weighted by Crippen LogP contribution is 2.43. The molecule has 1 N–H and O–H groups in total. The number of carbonyl (C=O) groups excluding carboxylic acids is 1. The van der Waals surface area contributed by atoms with E-state index in [0.717, 1.165) is 21.3 Å². The molecule has 2 saturated heterocycles. The maximum atomic E-state index is 12.1. The summed E-state index contributed by atoms with van der Waals surface area (Å²) in [6, 6.07) is 3.59. The lowest BCUT2D eigenvalue weighted by molar-refractivity contribution is -0.138. The number of amides is 1. The molecule has 2 heterocycles. The molecule has 1 aromatic rings. The van der Waals surface area contributed by atoms with Crippen molar-refractivity contribution in [3.05, 3.63) is 27.7 Å². The van der Waals surface area contributed by atoms with Gasteiger partial charge in [-0.25, -0.2) is 8.42 Å². The van der Waals surface area contributed by atoms with Gasteiger partial charge >= 0.3 is 5.97 Å². The quantitative estimate of drug-likeness (QED) is 0.714. The Morgan fingerprint density at radius 2 is 1.89 bits per heavy atom. The summed E-state index contributed by atoms with van der Waals surface area (Å²) in [5, 5.41) is 9.01. The second-order valence-electron chi connectivity index (χ2n) is 6.74. The minimum absolute atomic E-state index is 0.0158. The minimum atomic E-state index is -3.14. The summed E-state index contributed by atoms with van der Waals surface area (Å²) in [5.74, 6) is -1.50.